The first-order chi connectivity index (χ1) is 25.9. The van der Waals surface area contributed by atoms with Gasteiger partial charge in [-0.3, -0.25) is 0 Å². The van der Waals surface area contributed by atoms with Crippen LogP contribution in [-0.4, -0.2) is 84.1 Å². The largest absolute Gasteiger partial charge is 0.494 e. The van der Waals surface area contributed by atoms with E-state index in [-0.39, 0.29) is 25.2 Å². The number of alkyl halides is 19. The summed E-state index contributed by atoms with van der Waals surface area (Å²) in [7, 11) is 0. The van der Waals surface area contributed by atoms with E-state index in [4.69, 9.17) is 4.74 Å². The second-order valence-corrected chi connectivity index (χ2v) is 12.3. The smallest absolute Gasteiger partial charge is 0.460 e. The predicted molar refractivity (Wildman–Crippen MR) is 158 cm³/mol. The lowest BCUT2D eigenvalue weighted by atomic mass is 10.1. The van der Waals surface area contributed by atoms with E-state index in [1.165, 1.54) is 29.7 Å². The number of ether oxygens (including phenoxy) is 4. The summed E-state index contributed by atoms with van der Waals surface area (Å²) in [6.07, 6.45) is -28.4. The highest BCUT2D eigenvalue weighted by Gasteiger charge is 2.86. The lowest BCUT2D eigenvalue weighted by Gasteiger charge is -2.38. The highest BCUT2D eigenvalue weighted by atomic mass is 19.4. The fourth-order valence-corrected chi connectivity index (χ4v) is 4.37. The van der Waals surface area contributed by atoms with Crippen LogP contribution in [0.15, 0.2) is 36.7 Å². The minimum atomic E-state index is -8.19. The topological polar surface area (TPSA) is 62.7 Å². The Morgan fingerprint density at radius 3 is 1.49 bits per heavy atom. The van der Waals surface area contributed by atoms with E-state index in [1.807, 2.05) is 0 Å². The molecule has 0 radical (unpaired) electrons. The Morgan fingerprint density at radius 2 is 0.982 bits per heavy atom. The van der Waals surface area contributed by atoms with Crippen LogP contribution in [0.4, 0.5) is 83.4 Å². The third-order valence-corrected chi connectivity index (χ3v) is 7.66. The van der Waals surface area contributed by atoms with Gasteiger partial charge in [0.25, 0.3) is 0 Å². The molecule has 0 bridgehead atoms. The van der Waals surface area contributed by atoms with Crippen molar-refractivity contribution in [1.29, 1.82) is 0 Å². The normalized spacial score (nSPS) is 14.3. The van der Waals surface area contributed by atoms with E-state index in [0.29, 0.717) is 11.4 Å². The van der Waals surface area contributed by atoms with Gasteiger partial charge in [-0.15, -0.1) is 0 Å². The number of aromatic nitrogens is 2. The fraction of sp³-hybridized carbons (Fsp3) is 0.688. The van der Waals surface area contributed by atoms with Gasteiger partial charge in [0.1, 0.15) is 12.4 Å². The van der Waals surface area contributed by atoms with Gasteiger partial charge in [-0.25, -0.2) is 19.4 Å². The minimum absolute atomic E-state index is 0.0634. The van der Waals surface area contributed by atoms with Crippen LogP contribution in [0, 0.1) is 0 Å². The molecule has 0 unspecified atom stereocenters. The van der Waals surface area contributed by atoms with Crippen LogP contribution in [0.2, 0.25) is 0 Å². The first-order valence-electron chi connectivity index (χ1n) is 16.5. The summed E-state index contributed by atoms with van der Waals surface area (Å²) in [6.45, 7) is -1.72. The van der Waals surface area contributed by atoms with Gasteiger partial charge in [-0.05, 0) is 55.5 Å². The van der Waals surface area contributed by atoms with Gasteiger partial charge in [0.15, 0.2) is 5.82 Å². The molecule has 0 atom stereocenters. The van der Waals surface area contributed by atoms with E-state index in [9.17, 15) is 83.4 Å². The summed E-state index contributed by atoms with van der Waals surface area (Å²) in [6, 6.07) is 6.26. The highest BCUT2D eigenvalue weighted by molar-refractivity contribution is 5.55. The van der Waals surface area contributed by atoms with E-state index < -0.39 is 67.5 Å². The number of hydrogen-bond donors (Lipinski definition) is 0. The Morgan fingerprint density at radius 1 is 0.509 bits per heavy atom. The summed E-state index contributed by atoms with van der Waals surface area (Å²) in [5.41, 5.74) is 1.59. The van der Waals surface area contributed by atoms with Crippen molar-refractivity contribution < 1.29 is 102 Å². The van der Waals surface area contributed by atoms with Crippen molar-refractivity contribution in [1.82, 2.24) is 9.97 Å². The van der Waals surface area contributed by atoms with Crippen LogP contribution in [0.25, 0.3) is 11.4 Å². The molecule has 57 heavy (non-hydrogen) atoms. The molecule has 0 aliphatic carbocycles. The van der Waals surface area contributed by atoms with Gasteiger partial charge < -0.3 is 9.47 Å². The highest BCUT2D eigenvalue weighted by Crippen LogP contribution is 2.57. The Hall–Kier alpha value is -3.35. The van der Waals surface area contributed by atoms with Crippen molar-refractivity contribution in [2.75, 3.05) is 19.8 Å². The molecule has 0 aliphatic rings. The molecule has 6 nitrogen and oxygen atoms in total. The average Bonchev–Trinajstić information content (AvgIpc) is 3.08. The van der Waals surface area contributed by atoms with Gasteiger partial charge in [-0.1, -0.05) is 39.0 Å². The molecule has 0 spiro atoms. The van der Waals surface area contributed by atoms with E-state index in [0.717, 1.165) is 37.7 Å². The Kier molecular flexibility index (Phi) is 16.3. The number of aryl methyl sites for hydroxylation is 1. The minimum Gasteiger partial charge on any atom is -0.494 e. The Labute approximate surface area is 311 Å². The van der Waals surface area contributed by atoms with Crippen LogP contribution >= 0.6 is 0 Å². The van der Waals surface area contributed by atoms with Crippen molar-refractivity contribution in [3.8, 4) is 17.1 Å². The number of halogens is 19. The molecule has 25 heteroatoms. The second-order valence-electron chi connectivity index (χ2n) is 12.3. The molecular formula is C32H33F19N2O4. The quantitative estimate of drug-likeness (QED) is 0.0732. The number of nitrogens with zero attached hydrogens (tertiary/aromatic N) is 2. The first-order valence-corrected chi connectivity index (χ1v) is 16.5. The first kappa shape index (κ1) is 49.8. The maximum atomic E-state index is 14.0. The standard InChI is InChI=1S/C32H33F19N2O4/c1-2-3-4-5-6-7-10-20-17-52-23(53-18-20)21-11-13-22(14-12-21)55-16-9-8-15-54-19-24(33,34)25(35,36)29(44,45)56-31(48,49)32(50,51)57-30(46,47)27(39,40)26(37,38)28(41,42)43/h11-14,17-18H,2-10,15-16,19H2,1H3. The lowest BCUT2D eigenvalue weighted by Crippen LogP contribution is -2.65. The van der Waals surface area contributed by atoms with Crippen LogP contribution in [0.3, 0.4) is 0 Å². The van der Waals surface area contributed by atoms with E-state index >= 15 is 0 Å². The Bertz CT molecular complexity index is 1520. The molecule has 1 aromatic carbocycles. The summed E-state index contributed by atoms with van der Waals surface area (Å²) >= 11 is 0. The molecule has 0 fully saturated rings. The monoisotopic (exact) mass is 870 g/mol. The summed E-state index contributed by atoms with van der Waals surface area (Å²) in [5, 5.41) is 0. The van der Waals surface area contributed by atoms with Crippen LogP contribution in [0.1, 0.15) is 63.9 Å². The van der Waals surface area contributed by atoms with Gasteiger partial charge >= 0.3 is 54.3 Å². The van der Waals surface area contributed by atoms with Crippen molar-refractivity contribution in [3.63, 3.8) is 0 Å². The third kappa shape index (κ3) is 12.1. The summed E-state index contributed by atoms with van der Waals surface area (Å²) in [5.74, 6) is -29.1. The predicted octanol–water partition coefficient (Wildman–Crippen LogP) is 11.7. The van der Waals surface area contributed by atoms with Gasteiger partial charge in [0.2, 0.25) is 0 Å². The molecule has 0 aliphatic heterocycles. The number of benzene rings is 1. The number of unbranched alkanes of at least 4 members (excludes halogenated alkanes) is 6. The maximum Gasteiger partial charge on any atom is 0.460 e. The SMILES string of the molecule is CCCCCCCCc1cnc(-c2ccc(OCCCCOCC(F)(F)C(F)(F)C(F)(F)OC(F)(F)C(F)(F)OC(F)(F)C(F)(F)C(F)(F)C(F)(F)F)cc2)nc1. The molecule has 328 valence electrons. The van der Waals surface area contributed by atoms with Crippen molar-refractivity contribution in [2.45, 2.75) is 119 Å². The van der Waals surface area contributed by atoms with Crippen molar-refractivity contribution in [2.24, 2.45) is 0 Å². The number of hydrogen-bond acceptors (Lipinski definition) is 6. The second kappa shape index (κ2) is 18.7. The zero-order valence-corrected chi connectivity index (χ0v) is 29.2. The lowest BCUT2D eigenvalue weighted by molar-refractivity contribution is -0.555. The van der Waals surface area contributed by atoms with Crippen LogP contribution in [0.5, 0.6) is 5.75 Å². The Balaban J connectivity index is 1.88. The molecule has 2 rings (SSSR count). The molecule has 0 saturated carbocycles. The summed E-state index contributed by atoms with van der Waals surface area (Å²) < 4.78 is 265. The van der Waals surface area contributed by atoms with E-state index in [1.54, 1.807) is 29.3 Å². The summed E-state index contributed by atoms with van der Waals surface area (Å²) in [4.78, 5) is 8.67. The van der Waals surface area contributed by atoms with Crippen molar-refractivity contribution in [3.05, 3.63) is 42.2 Å². The van der Waals surface area contributed by atoms with Crippen molar-refractivity contribution >= 4 is 0 Å². The van der Waals surface area contributed by atoms with Crippen LogP contribution in [-0.2, 0) is 20.6 Å². The average molecular weight is 871 g/mol. The molecular weight excluding hydrogens is 837 g/mol. The van der Waals surface area contributed by atoms with Crippen LogP contribution < -0.4 is 4.74 Å². The zero-order chi connectivity index (χ0) is 43.8. The molecule has 0 amide bonds. The molecule has 1 aromatic heterocycles. The molecule has 0 saturated heterocycles. The van der Waals surface area contributed by atoms with Gasteiger partial charge in [0, 0.05) is 24.6 Å². The van der Waals surface area contributed by atoms with Gasteiger partial charge in [0.05, 0.1) is 6.61 Å². The maximum absolute atomic E-state index is 14.0. The fourth-order valence-electron chi connectivity index (χ4n) is 4.37. The van der Waals surface area contributed by atoms with Gasteiger partial charge in [-0.2, -0.15) is 83.4 Å². The zero-order valence-electron chi connectivity index (χ0n) is 29.2. The van der Waals surface area contributed by atoms with E-state index in [2.05, 4.69) is 21.6 Å². The number of rotatable bonds is 25. The molecule has 0 N–H and O–H groups in total. The molecule has 2 aromatic rings. The third-order valence-electron chi connectivity index (χ3n) is 7.66. The molecule has 1 heterocycles.